The van der Waals surface area contributed by atoms with Gasteiger partial charge in [0, 0.05) is 10.6 Å². The van der Waals surface area contributed by atoms with E-state index in [1.807, 2.05) is 17.5 Å². The lowest BCUT2D eigenvalue weighted by molar-refractivity contribution is 0.0692. The second kappa shape index (κ2) is 5.29. The fourth-order valence-corrected chi connectivity index (χ4v) is 2.36. The van der Waals surface area contributed by atoms with Crippen LogP contribution in [-0.4, -0.2) is 11.1 Å². The number of carboxylic acid groups (broad SMARTS) is 1. The summed E-state index contributed by atoms with van der Waals surface area (Å²) in [5.41, 5.74) is 5.82. The van der Waals surface area contributed by atoms with Gasteiger partial charge in [-0.2, -0.15) is 0 Å². The van der Waals surface area contributed by atoms with Crippen LogP contribution in [0.25, 0.3) is 0 Å². The molecule has 0 saturated heterocycles. The zero-order valence-electron chi connectivity index (χ0n) is 9.22. The summed E-state index contributed by atoms with van der Waals surface area (Å²) in [4.78, 5) is 12.1. The Morgan fingerprint density at radius 3 is 2.89 bits per heavy atom. The molecular formula is C12H10ClNO3S. The number of thiophene rings is 1. The number of rotatable bonds is 4. The van der Waals surface area contributed by atoms with Crippen LogP contribution in [0.15, 0.2) is 29.6 Å². The maximum atomic E-state index is 11.1. The topological polar surface area (TPSA) is 72.5 Å². The summed E-state index contributed by atoms with van der Waals surface area (Å²) in [6.07, 6.45) is 0. The normalized spacial score (nSPS) is 10.3. The molecule has 1 heterocycles. The first kappa shape index (κ1) is 12.7. The zero-order chi connectivity index (χ0) is 13.1. The van der Waals surface area contributed by atoms with Gasteiger partial charge in [0.2, 0.25) is 0 Å². The van der Waals surface area contributed by atoms with Gasteiger partial charge in [0.05, 0.1) is 5.02 Å². The van der Waals surface area contributed by atoms with Crippen molar-refractivity contribution in [3.8, 4) is 5.75 Å². The summed E-state index contributed by atoms with van der Waals surface area (Å²) in [6.45, 7) is 0.279. The van der Waals surface area contributed by atoms with Crippen LogP contribution in [-0.2, 0) is 6.61 Å². The minimum Gasteiger partial charge on any atom is -0.486 e. The first-order valence-electron chi connectivity index (χ1n) is 5.05. The van der Waals surface area contributed by atoms with Crippen molar-refractivity contribution >= 4 is 34.6 Å². The molecular weight excluding hydrogens is 274 g/mol. The van der Waals surface area contributed by atoms with Gasteiger partial charge in [0.15, 0.2) is 5.75 Å². The molecule has 0 unspecified atom stereocenters. The van der Waals surface area contributed by atoms with Crippen LogP contribution in [0.4, 0.5) is 5.69 Å². The van der Waals surface area contributed by atoms with Gasteiger partial charge in [0.1, 0.15) is 12.2 Å². The molecule has 0 aliphatic carbocycles. The third-order valence-electron chi connectivity index (χ3n) is 2.24. The van der Waals surface area contributed by atoms with Crippen molar-refractivity contribution in [1.82, 2.24) is 0 Å². The van der Waals surface area contributed by atoms with Crippen LogP contribution in [0.3, 0.4) is 0 Å². The molecule has 0 spiro atoms. The summed E-state index contributed by atoms with van der Waals surface area (Å²) in [5, 5.41) is 11.2. The molecule has 0 radical (unpaired) electrons. The smallest absolute Gasteiger partial charge is 0.339 e. The number of hydrogen-bond donors (Lipinski definition) is 2. The highest BCUT2D eigenvalue weighted by Gasteiger charge is 2.16. The molecule has 0 bridgehead atoms. The largest absolute Gasteiger partial charge is 0.486 e. The van der Waals surface area contributed by atoms with Gasteiger partial charge in [-0.15, -0.1) is 11.3 Å². The SMILES string of the molecule is Nc1cc(Cl)c(OCc2cccs2)c(C(=O)O)c1. The van der Waals surface area contributed by atoms with E-state index in [2.05, 4.69) is 0 Å². The van der Waals surface area contributed by atoms with Crippen LogP contribution >= 0.6 is 22.9 Å². The molecule has 94 valence electrons. The molecule has 0 saturated carbocycles. The maximum absolute atomic E-state index is 11.1. The Bertz CT molecular complexity index is 569. The van der Waals surface area contributed by atoms with E-state index in [4.69, 9.17) is 27.2 Å². The predicted octanol–water partition coefficient (Wildman–Crippen LogP) is 3.26. The number of aromatic carboxylic acids is 1. The quantitative estimate of drug-likeness (QED) is 0.845. The van der Waals surface area contributed by atoms with Gasteiger partial charge in [-0.3, -0.25) is 0 Å². The third kappa shape index (κ3) is 2.75. The van der Waals surface area contributed by atoms with Crippen LogP contribution < -0.4 is 10.5 Å². The van der Waals surface area contributed by atoms with Crippen LogP contribution in [0.5, 0.6) is 5.75 Å². The molecule has 0 amide bonds. The van der Waals surface area contributed by atoms with Crippen molar-refractivity contribution in [1.29, 1.82) is 0 Å². The molecule has 18 heavy (non-hydrogen) atoms. The molecule has 2 aromatic rings. The monoisotopic (exact) mass is 283 g/mol. The first-order valence-corrected chi connectivity index (χ1v) is 6.31. The van der Waals surface area contributed by atoms with Crippen molar-refractivity contribution in [2.24, 2.45) is 0 Å². The van der Waals surface area contributed by atoms with Gasteiger partial charge < -0.3 is 15.6 Å². The van der Waals surface area contributed by atoms with Crippen molar-refractivity contribution < 1.29 is 14.6 Å². The van der Waals surface area contributed by atoms with E-state index in [9.17, 15) is 4.79 Å². The third-order valence-corrected chi connectivity index (χ3v) is 3.37. The molecule has 1 aromatic heterocycles. The predicted molar refractivity (Wildman–Crippen MR) is 71.5 cm³/mol. The Labute approximate surface area is 113 Å². The average molecular weight is 284 g/mol. The molecule has 6 heteroatoms. The molecule has 1 aromatic carbocycles. The van der Waals surface area contributed by atoms with E-state index in [-0.39, 0.29) is 22.9 Å². The number of benzene rings is 1. The fourth-order valence-electron chi connectivity index (χ4n) is 1.46. The number of ether oxygens (including phenoxy) is 1. The molecule has 0 fully saturated rings. The van der Waals surface area contributed by atoms with Gasteiger partial charge in [-0.25, -0.2) is 4.79 Å². The maximum Gasteiger partial charge on any atom is 0.339 e. The highest BCUT2D eigenvalue weighted by atomic mass is 35.5. The minimum atomic E-state index is -1.12. The Morgan fingerprint density at radius 2 is 2.28 bits per heavy atom. The second-order valence-corrected chi connectivity index (χ2v) is 4.99. The van der Waals surface area contributed by atoms with E-state index >= 15 is 0 Å². The van der Waals surface area contributed by atoms with E-state index in [1.165, 1.54) is 23.5 Å². The van der Waals surface area contributed by atoms with Gasteiger partial charge in [0.25, 0.3) is 0 Å². The number of anilines is 1. The highest BCUT2D eigenvalue weighted by molar-refractivity contribution is 7.09. The first-order chi connectivity index (χ1) is 8.58. The van der Waals surface area contributed by atoms with Gasteiger partial charge >= 0.3 is 5.97 Å². The Morgan fingerprint density at radius 1 is 1.50 bits per heavy atom. The summed E-state index contributed by atoms with van der Waals surface area (Å²) < 4.78 is 5.47. The van der Waals surface area contributed by atoms with Gasteiger partial charge in [-0.1, -0.05) is 17.7 Å². The van der Waals surface area contributed by atoms with Crippen molar-refractivity contribution in [2.45, 2.75) is 6.61 Å². The van der Waals surface area contributed by atoms with E-state index < -0.39 is 5.97 Å². The van der Waals surface area contributed by atoms with Crippen LogP contribution in [0.2, 0.25) is 5.02 Å². The molecule has 4 nitrogen and oxygen atoms in total. The molecule has 0 aliphatic rings. The van der Waals surface area contributed by atoms with E-state index in [0.717, 1.165) is 4.88 Å². The van der Waals surface area contributed by atoms with E-state index in [1.54, 1.807) is 0 Å². The Balaban J connectivity index is 2.28. The average Bonchev–Trinajstić information content (AvgIpc) is 2.79. The van der Waals surface area contributed by atoms with Crippen LogP contribution in [0, 0.1) is 0 Å². The minimum absolute atomic E-state index is 0.0310. The zero-order valence-corrected chi connectivity index (χ0v) is 10.8. The number of hydrogen-bond acceptors (Lipinski definition) is 4. The fraction of sp³-hybridized carbons (Fsp3) is 0.0833. The number of carbonyl (C=O) groups is 1. The lowest BCUT2D eigenvalue weighted by Gasteiger charge is -2.11. The summed E-state index contributed by atoms with van der Waals surface area (Å²) in [7, 11) is 0. The number of halogens is 1. The summed E-state index contributed by atoms with van der Waals surface area (Å²) in [6, 6.07) is 6.60. The van der Waals surface area contributed by atoms with Gasteiger partial charge in [-0.05, 0) is 23.6 Å². The lowest BCUT2D eigenvalue weighted by atomic mass is 10.2. The van der Waals surface area contributed by atoms with Crippen LogP contribution in [0.1, 0.15) is 15.2 Å². The van der Waals surface area contributed by atoms with Crippen molar-refractivity contribution in [3.05, 3.63) is 45.1 Å². The standard InChI is InChI=1S/C12H10ClNO3S/c13-10-5-7(14)4-9(12(15)16)11(10)17-6-8-2-1-3-18-8/h1-5H,6,14H2,(H,15,16). The number of carboxylic acids is 1. The summed E-state index contributed by atoms with van der Waals surface area (Å²) in [5.74, 6) is -0.975. The molecule has 3 N–H and O–H groups in total. The number of nitrogen functional groups attached to an aromatic ring is 1. The lowest BCUT2D eigenvalue weighted by Crippen LogP contribution is -2.04. The Kier molecular flexibility index (Phi) is 3.74. The molecule has 0 atom stereocenters. The number of nitrogens with two attached hydrogens (primary N) is 1. The second-order valence-electron chi connectivity index (χ2n) is 3.55. The van der Waals surface area contributed by atoms with Crippen molar-refractivity contribution in [2.75, 3.05) is 5.73 Å². The van der Waals surface area contributed by atoms with Crippen molar-refractivity contribution in [3.63, 3.8) is 0 Å². The highest BCUT2D eigenvalue weighted by Crippen LogP contribution is 2.32. The molecule has 0 aliphatic heterocycles. The van der Waals surface area contributed by atoms with E-state index in [0.29, 0.717) is 5.69 Å². The summed E-state index contributed by atoms with van der Waals surface area (Å²) >= 11 is 7.48. The molecule has 2 rings (SSSR count). The Hall–Kier alpha value is -1.72.